The zero-order chi connectivity index (χ0) is 11.2. The predicted octanol–water partition coefficient (Wildman–Crippen LogP) is 1.75. The first-order chi connectivity index (χ1) is 7.88. The van der Waals surface area contributed by atoms with Gasteiger partial charge in [-0.15, -0.1) is 11.3 Å². The highest BCUT2D eigenvalue weighted by atomic mass is 32.1. The van der Waals surface area contributed by atoms with Crippen LogP contribution in [0.25, 0.3) is 0 Å². The van der Waals surface area contributed by atoms with Gasteiger partial charge in [0, 0.05) is 11.6 Å². The van der Waals surface area contributed by atoms with Crippen LogP contribution in [-0.2, 0) is 0 Å². The molecule has 4 nitrogen and oxygen atoms in total. The summed E-state index contributed by atoms with van der Waals surface area (Å²) in [4.78, 5) is 8.20. The highest BCUT2D eigenvalue weighted by molar-refractivity contribution is 7.10. The van der Waals surface area contributed by atoms with Gasteiger partial charge in [-0.05, 0) is 24.0 Å². The second-order valence-corrected chi connectivity index (χ2v) is 3.65. The van der Waals surface area contributed by atoms with Crippen LogP contribution in [0, 0.1) is 11.8 Å². The summed E-state index contributed by atoms with van der Waals surface area (Å²) in [6.45, 7) is 0. The third-order valence-electron chi connectivity index (χ3n) is 1.67. The molecule has 0 spiro atoms. The van der Waals surface area contributed by atoms with Crippen molar-refractivity contribution < 1.29 is 5.21 Å². The van der Waals surface area contributed by atoms with Gasteiger partial charge in [-0.3, -0.25) is 0 Å². The first-order valence-corrected chi connectivity index (χ1v) is 5.32. The molecule has 0 bridgehead atoms. The number of oxime groups is 1. The lowest BCUT2D eigenvalue weighted by atomic mass is 10.3. The summed E-state index contributed by atoms with van der Waals surface area (Å²) in [5, 5.41) is 13.7. The molecule has 0 saturated heterocycles. The molecule has 0 fully saturated rings. The quantitative estimate of drug-likeness (QED) is 0.351. The molecule has 2 aromatic heterocycles. The molecule has 0 radical (unpaired) electrons. The molecule has 2 rings (SSSR count). The number of hydrogen-bond donors (Lipinski definition) is 1. The molecule has 0 amide bonds. The van der Waals surface area contributed by atoms with E-state index in [1.54, 1.807) is 11.6 Å². The Morgan fingerprint density at radius 2 is 2.31 bits per heavy atom. The summed E-state index contributed by atoms with van der Waals surface area (Å²) in [5.74, 6) is 5.79. The average Bonchev–Trinajstić information content (AvgIpc) is 2.76. The molecule has 0 aliphatic heterocycles. The van der Waals surface area contributed by atoms with E-state index in [2.05, 4.69) is 27.0 Å². The van der Waals surface area contributed by atoms with E-state index in [4.69, 9.17) is 5.21 Å². The van der Waals surface area contributed by atoms with Gasteiger partial charge in [0.15, 0.2) is 5.01 Å². The first kappa shape index (κ1) is 10.3. The Morgan fingerprint density at radius 3 is 3.06 bits per heavy atom. The third kappa shape index (κ3) is 2.65. The van der Waals surface area contributed by atoms with Gasteiger partial charge >= 0.3 is 0 Å². The van der Waals surface area contributed by atoms with Crippen LogP contribution in [-0.4, -0.2) is 21.4 Å². The first-order valence-electron chi connectivity index (χ1n) is 4.44. The SMILES string of the molecule is O/N=C\c1csc(C#Cc2ccccn2)n1. The maximum absolute atomic E-state index is 8.32. The van der Waals surface area contributed by atoms with Gasteiger partial charge in [-0.2, -0.15) is 0 Å². The summed E-state index contributed by atoms with van der Waals surface area (Å²) in [5.41, 5.74) is 1.30. The molecule has 78 valence electrons. The van der Waals surface area contributed by atoms with E-state index in [1.165, 1.54) is 17.6 Å². The molecule has 0 atom stereocenters. The van der Waals surface area contributed by atoms with Crippen molar-refractivity contribution in [2.24, 2.45) is 5.16 Å². The van der Waals surface area contributed by atoms with E-state index in [-0.39, 0.29) is 0 Å². The lowest BCUT2D eigenvalue weighted by Crippen LogP contribution is -1.81. The normalized spacial score (nSPS) is 10.0. The molecular weight excluding hydrogens is 222 g/mol. The van der Waals surface area contributed by atoms with Crippen LogP contribution in [0.2, 0.25) is 0 Å². The number of nitrogens with zero attached hydrogens (tertiary/aromatic N) is 3. The Kier molecular flexibility index (Phi) is 3.26. The van der Waals surface area contributed by atoms with Crippen LogP contribution in [0.3, 0.4) is 0 Å². The van der Waals surface area contributed by atoms with Gasteiger partial charge in [-0.25, -0.2) is 9.97 Å². The highest BCUT2D eigenvalue weighted by Crippen LogP contribution is 2.06. The molecule has 0 aromatic carbocycles. The van der Waals surface area contributed by atoms with E-state index < -0.39 is 0 Å². The minimum Gasteiger partial charge on any atom is -0.411 e. The topological polar surface area (TPSA) is 58.4 Å². The lowest BCUT2D eigenvalue weighted by molar-refractivity contribution is 0.321. The fourth-order valence-electron chi connectivity index (χ4n) is 1.02. The maximum atomic E-state index is 8.32. The van der Waals surface area contributed by atoms with Crippen LogP contribution in [0.1, 0.15) is 16.4 Å². The molecule has 5 heteroatoms. The Bertz CT molecular complexity index is 551. The Balaban J connectivity index is 2.18. The second-order valence-electron chi connectivity index (χ2n) is 2.79. The van der Waals surface area contributed by atoms with Crippen LogP contribution in [0.4, 0.5) is 0 Å². The molecule has 0 unspecified atom stereocenters. The van der Waals surface area contributed by atoms with Crippen LogP contribution >= 0.6 is 11.3 Å². The van der Waals surface area contributed by atoms with Crippen molar-refractivity contribution >= 4 is 17.6 Å². The zero-order valence-corrected chi connectivity index (χ0v) is 8.98. The molecule has 0 aliphatic rings. The number of thiazole rings is 1. The maximum Gasteiger partial charge on any atom is 0.167 e. The molecular formula is C11H7N3OS. The fraction of sp³-hybridized carbons (Fsp3) is 0. The van der Waals surface area contributed by atoms with Gasteiger partial charge in [0.2, 0.25) is 0 Å². The number of hydrogen-bond acceptors (Lipinski definition) is 5. The summed E-state index contributed by atoms with van der Waals surface area (Å²) in [6, 6.07) is 5.55. The van der Waals surface area contributed by atoms with Crippen LogP contribution in [0.15, 0.2) is 34.9 Å². The fourth-order valence-corrected chi connectivity index (χ4v) is 1.63. The largest absolute Gasteiger partial charge is 0.411 e. The number of aromatic nitrogens is 2. The molecule has 2 heterocycles. The van der Waals surface area contributed by atoms with Gasteiger partial charge < -0.3 is 5.21 Å². The minimum absolute atomic E-state index is 0.595. The molecule has 0 saturated carbocycles. The third-order valence-corrected chi connectivity index (χ3v) is 2.45. The molecule has 16 heavy (non-hydrogen) atoms. The Hall–Kier alpha value is -2.19. The van der Waals surface area contributed by atoms with Crippen LogP contribution < -0.4 is 0 Å². The zero-order valence-electron chi connectivity index (χ0n) is 8.16. The monoisotopic (exact) mass is 229 g/mol. The van der Waals surface area contributed by atoms with Crippen molar-refractivity contribution in [3.63, 3.8) is 0 Å². The standard InChI is InChI=1S/C11H7N3OS/c15-13-7-10-8-16-11(14-10)5-4-9-3-1-2-6-12-9/h1-3,6-8,15H/b13-7-. The van der Waals surface area contributed by atoms with E-state index in [0.29, 0.717) is 16.4 Å². The predicted molar refractivity (Wildman–Crippen MR) is 61.7 cm³/mol. The van der Waals surface area contributed by atoms with Crippen molar-refractivity contribution in [1.82, 2.24) is 9.97 Å². The van der Waals surface area contributed by atoms with E-state index in [9.17, 15) is 0 Å². The molecule has 0 aliphatic carbocycles. The summed E-state index contributed by atoms with van der Waals surface area (Å²) < 4.78 is 0. The molecule has 2 aromatic rings. The van der Waals surface area contributed by atoms with Crippen LogP contribution in [0.5, 0.6) is 0 Å². The van der Waals surface area contributed by atoms with Crippen molar-refractivity contribution in [3.05, 3.63) is 46.2 Å². The van der Waals surface area contributed by atoms with Gasteiger partial charge in [-0.1, -0.05) is 11.2 Å². The van der Waals surface area contributed by atoms with Crippen molar-refractivity contribution in [2.45, 2.75) is 0 Å². The number of rotatable bonds is 1. The summed E-state index contributed by atoms with van der Waals surface area (Å²) in [7, 11) is 0. The van der Waals surface area contributed by atoms with Crippen molar-refractivity contribution in [3.8, 4) is 11.8 Å². The van der Waals surface area contributed by atoms with E-state index >= 15 is 0 Å². The second kappa shape index (κ2) is 5.05. The van der Waals surface area contributed by atoms with Gasteiger partial charge in [0.1, 0.15) is 5.69 Å². The smallest absolute Gasteiger partial charge is 0.167 e. The van der Waals surface area contributed by atoms with E-state index in [1.807, 2.05) is 18.2 Å². The lowest BCUT2D eigenvalue weighted by Gasteiger charge is -1.84. The molecule has 1 N–H and O–H groups in total. The summed E-state index contributed by atoms with van der Waals surface area (Å²) >= 11 is 1.39. The van der Waals surface area contributed by atoms with Crippen molar-refractivity contribution in [1.29, 1.82) is 0 Å². The van der Waals surface area contributed by atoms with Gasteiger partial charge in [0.05, 0.1) is 11.9 Å². The Morgan fingerprint density at radius 1 is 1.38 bits per heavy atom. The van der Waals surface area contributed by atoms with E-state index in [0.717, 1.165) is 0 Å². The average molecular weight is 229 g/mol. The van der Waals surface area contributed by atoms with Crippen molar-refractivity contribution in [2.75, 3.05) is 0 Å². The Labute approximate surface area is 96.3 Å². The number of pyridine rings is 1. The summed E-state index contributed by atoms with van der Waals surface area (Å²) in [6.07, 6.45) is 2.96. The van der Waals surface area contributed by atoms with Gasteiger partial charge in [0.25, 0.3) is 0 Å². The minimum atomic E-state index is 0.595. The highest BCUT2D eigenvalue weighted by Gasteiger charge is 1.95.